The van der Waals surface area contributed by atoms with Gasteiger partial charge >= 0.3 is 0 Å². The number of aldehydes is 1. The lowest BCUT2D eigenvalue weighted by atomic mass is 9.97. The van der Waals surface area contributed by atoms with E-state index in [0.29, 0.717) is 0 Å². The van der Waals surface area contributed by atoms with Crippen molar-refractivity contribution >= 4 is 43.9 Å². The van der Waals surface area contributed by atoms with E-state index in [9.17, 15) is 4.79 Å². The zero-order valence-electron chi connectivity index (χ0n) is 14.0. The van der Waals surface area contributed by atoms with Crippen LogP contribution in [-0.4, -0.2) is 6.29 Å². The van der Waals surface area contributed by atoms with E-state index in [4.69, 9.17) is 0 Å². The Hall–Kier alpha value is -2.49. The minimum atomic E-state index is 0.743. The molecular formula is C23H16OS2. The largest absolute Gasteiger partial charge is 0.298 e. The summed E-state index contributed by atoms with van der Waals surface area (Å²) in [5.74, 6) is 0. The van der Waals surface area contributed by atoms with E-state index in [2.05, 4.69) is 36.4 Å². The summed E-state index contributed by atoms with van der Waals surface area (Å²) in [6, 6.07) is 30.6. The molecule has 1 heterocycles. The van der Waals surface area contributed by atoms with Gasteiger partial charge in [-0.25, -0.2) is 0 Å². The molecule has 0 radical (unpaired) electrons. The molecule has 1 aliphatic rings. The molecule has 0 saturated heterocycles. The average molecular weight is 373 g/mol. The van der Waals surface area contributed by atoms with Gasteiger partial charge in [-0.05, 0) is 16.7 Å². The third kappa shape index (κ3) is 3.28. The Kier molecular flexibility index (Phi) is 5.09. The van der Waals surface area contributed by atoms with Gasteiger partial charge in [-0.15, -0.1) is 0 Å². The van der Waals surface area contributed by atoms with Crippen LogP contribution in [0.4, 0.5) is 0 Å². The second-order valence-corrected chi connectivity index (χ2v) is 7.98. The van der Waals surface area contributed by atoms with E-state index in [1.807, 2.05) is 54.6 Å². The minimum absolute atomic E-state index is 0.743. The van der Waals surface area contributed by atoms with E-state index in [1.54, 1.807) is 21.6 Å². The lowest BCUT2D eigenvalue weighted by molar-refractivity contribution is -0.103. The van der Waals surface area contributed by atoms with Gasteiger partial charge in [0.15, 0.2) is 6.29 Å². The van der Waals surface area contributed by atoms with Gasteiger partial charge in [-0.3, -0.25) is 4.79 Å². The summed E-state index contributed by atoms with van der Waals surface area (Å²) in [6.45, 7) is 0. The number of hydrogen-bond acceptors (Lipinski definition) is 3. The summed E-state index contributed by atoms with van der Waals surface area (Å²) in [4.78, 5) is 14.2. The molecule has 4 rings (SSSR count). The van der Waals surface area contributed by atoms with Gasteiger partial charge in [0.05, 0.1) is 0 Å². The van der Waals surface area contributed by atoms with Gasteiger partial charge in [0.2, 0.25) is 0 Å². The van der Waals surface area contributed by atoms with Gasteiger partial charge in [0, 0.05) is 21.0 Å². The molecule has 0 saturated carbocycles. The van der Waals surface area contributed by atoms with E-state index in [0.717, 1.165) is 33.5 Å². The van der Waals surface area contributed by atoms with Crippen molar-refractivity contribution in [2.24, 2.45) is 0 Å². The Labute approximate surface area is 161 Å². The van der Waals surface area contributed by atoms with E-state index in [-0.39, 0.29) is 0 Å². The van der Waals surface area contributed by atoms with Crippen molar-refractivity contribution in [2.45, 2.75) is 0 Å². The number of benzene rings is 3. The summed E-state index contributed by atoms with van der Waals surface area (Å²) < 4.78 is 0. The lowest BCUT2D eigenvalue weighted by Crippen LogP contribution is -1.93. The molecule has 0 aromatic heterocycles. The molecule has 3 heteroatoms. The van der Waals surface area contributed by atoms with Gasteiger partial charge in [0.25, 0.3) is 0 Å². The monoisotopic (exact) mass is 372 g/mol. The molecule has 0 N–H and O–H groups in total. The Balaban J connectivity index is 1.97. The van der Waals surface area contributed by atoms with Crippen LogP contribution < -0.4 is 0 Å². The van der Waals surface area contributed by atoms with Crippen LogP contribution in [-0.2, 0) is 4.79 Å². The molecule has 3 aromatic carbocycles. The van der Waals surface area contributed by atoms with Crippen molar-refractivity contribution in [1.82, 2.24) is 0 Å². The van der Waals surface area contributed by atoms with Gasteiger partial charge in [-0.1, -0.05) is 113 Å². The van der Waals surface area contributed by atoms with Crippen molar-refractivity contribution in [3.05, 3.63) is 113 Å². The third-order valence-corrected chi connectivity index (χ3v) is 6.74. The highest BCUT2D eigenvalue weighted by atomic mass is 33.1. The van der Waals surface area contributed by atoms with Crippen molar-refractivity contribution < 1.29 is 4.79 Å². The second kappa shape index (κ2) is 7.81. The highest BCUT2D eigenvalue weighted by Gasteiger charge is 2.27. The highest BCUT2D eigenvalue weighted by molar-refractivity contribution is 8.82. The molecule has 0 amide bonds. The Morgan fingerprint density at radius 1 is 0.654 bits per heavy atom. The maximum atomic E-state index is 12.0. The quantitative estimate of drug-likeness (QED) is 0.293. The fraction of sp³-hybridized carbons (Fsp3) is 0. The Bertz CT molecular complexity index is 974. The molecule has 3 aromatic rings. The van der Waals surface area contributed by atoms with Crippen molar-refractivity contribution in [1.29, 1.82) is 0 Å². The fourth-order valence-electron chi connectivity index (χ4n) is 2.97. The first kappa shape index (κ1) is 17.0. The number of carbonyl (C=O) groups is 1. The SMILES string of the molecule is O=CC(=C1SSC(c2ccccc2)=C1c1ccccc1)c1ccccc1. The first-order valence-electron chi connectivity index (χ1n) is 8.33. The molecule has 126 valence electrons. The topological polar surface area (TPSA) is 17.1 Å². The number of allylic oxidation sites excluding steroid dienone is 2. The van der Waals surface area contributed by atoms with Crippen molar-refractivity contribution in [2.75, 3.05) is 0 Å². The molecule has 0 fully saturated rings. The third-order valence-electron chi connectivity index (χ3n) is 4.21. The molecular weight excluding hydrogens is 356 g/mol. The smallest absolute Gasteiger partial charge is 0.151 e. The first-order chi connectivity index (χ1) is 12.9. The molecule has 0 bridgehead atoms. The van der Waals surface area contributed by atoms with E-state index < -0.39 is 0 Å². The van der Waals surface area contributed by atoms with Gasteiger partial charge in [0.1, 0.15) is 0 Å². The van der Waals surface area contributed by atoms with Crippen LogP contribution in [0.5, 0.6) is 0 Å². The summed E-state index contributed by atoms with van der Waals surface area (Å²) in [5, 5.41) is 0. The van der Waals surface area contributed by atoms with Crippen LogP contribution in [0.1, 0.15) is 16.7 Å². The first-order valence-corrected chi connectivity index (χ1v) is 10.5. The fourth-order valence-corrected chi connectivity index (χ4v) is 5.85. The average Bonchev–Trinajstić information content (AvgIpc) is 3.15. The summed E-state index contributed by atoms with van der Waals surface area (Å²) in [6.07, 6.45) is 0.981. The second-order valence-electron chi connectivity index (χ2n) is 5.83. The number of carbonyl (C=O) groups excluding carboxylic acids is 1. The normalized spacial score (nSPS) is 15.8. The molecule has 0 aliphatic carbocycles. The zero-order chi connectivity index (χ0) is 17.8. The maximum Gasteiger partial charge on any atom is 0.151 e. The van der Waals surface area contributed by atoms with Crippen LogP contribution in [0, 0.1) is 0 Å². The predicted molar refractivity (Wildman–Crippen MR) is 114 cm³/mol. The number of hydrogen-bond donors (Lipinski definition) is 0. The zero-order valence-corrected chi connectivity index (χ0v) is 15.6. The van der Waals surface area contributed by atoms with E-state index in [1.165, 1.54) is 10.5 Å². The van der Waals surface area contributed by atoms with Crippen LogP contribution >= 0.6 is 21.6 Å². The lowest BCUT2D eigenvalue weighted by Gasteiger charge is -2.11. The van der Waals surface area contributed by atoms with Crippen LogP contribution in [0.15, 0.2) is 95.9 Å². The predicted octanol–water partition coefficient (Wildman–Crippen LogP) is 6.56. The highest BCUT2D eigenvalue weighted by Crippen LogP contribution is 2.59. The van der Waals surface area contributed by atoms with Crippen molar-refractivity contribution in [3.8, 4) is 0 Å². The summed E-state index contributed by atoms with van der Waals surface area (Å²) in [5.41, 5.74) is 5.14. The van der Waals surface area contributed by atoms with Crippen LogP contribution in [0.2, 0.25) is 0 Å². The Morgan fingerprint density at radius 2 is 1.19 bits per heavy atom. The molecule has 0 spiro atoms. The molecule has 0 atom stereocenters. The van der Waals surface area contributed by atoms with Gasteiger partial charge in [-0.2, -0.15) is 0 Å². The summed E-state index contributed by atoms with van der Waals surface area (Å²) in [7, 11) is 3.39. The summed E-state index contributed by atoms with van der Waals surface area (Å²) >= 11 is 0. The molecule has 1 aliphatic heterocycles. The molecule has 0 unspecified atom stereocenters. The minimum Gasteiger partial charge on any atom is -0.298 e. The van der Waals surface area contributed by atoms with Crippen molar-refractivity contribution in [3.63, 3.8) is 0 Å². The molecule has 1 nitrogen and oxygen atoms in total. The number of rotatable bonds is 4. The molecule has 26 heavy (non-hydrogen) atoms. The standard InChI is InChI=1S/C23H16OS2/c24-16-20(17-10-4-1-5-11-17)23-21(18-12-6-2-7-13-18)22(25-26-23)19-14-8-3-9-15-19/h1-16H. The van der Waals surface area contributed by atoms with Gasteiger partial charge < -0.3 is 0 Å². The Morgan fingerprint density at radius 3 is 1.77 bits per heavy atom. The van der Waals surface area contributed by atoms with E-state index >= 15 is 0 Å². The van der Waals surface area contributed by atoms with Crippen LogP contribution in [0.3, 0.4) is 0 Å². The van der Waals surface area contributed by atoms with Crippen LogP contribution in [0.25, 0.3) is 16.1 Å². The maximum absolute atomic E-state index is 12.0.